The smallest absolute Gasteiger partial charge is 0.0656 e. The number of hydrogen-bond donors (Lipinski definition) is 0. The van der Waals surface area contributed by atoms with Crippen LogP contribution in [0.4, 0.5) is 0 Å². The maximum Gasteiger partial charge on any atom is 0.0656 e. The zero-order chi connectivity index (χ0) is 8.84. The van der Waals surface area contributed by atoms with Gasteiger partial charge in [0.1, 0.15) is 0 Å². The van der Waals surface area contributed by atoms with E-state index in [9.17, 15) is 0 Å². The normalized spacial score (nSPS) is 53.0. The molecule has 2 nitrogen and oxygen atoms in total. The molecule has 2 heteroatoms. The lowest BCUT2D eigenvalue weighted by molar-refractivity contribution is 0.00793. The summed E-state index contributed by atoms with van der Waals surface area (Å²) in [5.74, 6) is 2.22. The maximum atomic E-state index is 8.94. The van der Waals surface area contributed by atoms with E-state index in [0.717, 1.165) is 24.3 Å². The average molecular weight is 176 g/mol. The number of fused-ring (bicyclic) bond motifs is 2. The number of hydrogen-bond acceptors (Lipinski definition) is 2. The summed E-state index contributed by atoms with van der Waals surface area (Å²) in [5, 5.41) is 8.94. The van der Waals surface area contributed by atoms with E-state index in [2.05, 4.69) is 11.0 Å². The topological polar surface area (TPSA) is 27.0 Å². The molecule has 0 radical (unpaired) electrons. The molecule has 70 valence electrons. The minimum atomic E-state index is 0.371. The first-order chi connectivity index (χ1) is 6.38. The van der Waals surface area contributed by atoms with Crippen LogP contribution >= 0.6 is 0 Å². The van der Waals surface area contributed by atoms with Crippen molar-refractivity contribution in [2.75, 3.05) is 13.1 Å². The van der Waals surface area contributed by atoms with Crippen LogP contribution in [-0.4, -0.2) is 24.0 Å². The van der Waals surface area contributed by atoms with Crippen LogP contribution in [0.3, 0.4) is 0 Å². The Morgan fingerprint density at radius 2 is 1.92 bits per heavy atom. The summed E-state index contributed by atoms with van der Waals surface area (Å²) in [4.78, 5) is 2.64. The highest BCUT2D eigenvalue weighted by Gasteiger charge is 2.47. The quantitative estimate of drug-likeness (QED) is 0.561. The van der Waals surface area contributed by atoms with Crippen LogP contribution in [0, 0.1) is 29.1 Å². The Morgan fingerprint density at radius 3 is 2.54 bits per heavy atom. The molecule has 4 fully saturated rings. The highest BCUT2D eigenvalue weighted by Crippen LogP contribution is 2.47. The summed E-state index contributed by atoms with van der Waals surface area (Å²) in [6.07, 6.45) is 5.17. The number of piperidine rings is 3. The molecule has 0 N–H and O–H groups in total. The van der Waals surface area contributed by atoms with Gasteiger partial charge in [0.25, 0.3) is 0 Å². The van der Waals surface area contributed by atoms with E-state index in [-0.39, 0.29) is 0 Å². The Balaban J connectivity index is 1.84. The van der Waals surface area contributed by atoms with Crippen molar-refractivity contribution in [3.05, 3.63) is 0 Å². The molecule has 0 spiro atoms. The second-order valence-corrected chi connectivity index (χ2v) is 4.90. The molecule has 1 saturated carbocycles. The van der Waals surface area contributed by atoms with Gasteiger partial charge in [-0.05, 0) is 50.6 Å². The number of nitrogens with zero attached hydrogens (tertiary/aromatic N) is 2. The second kappa shape index (κ2) is 2.72. The minimum Gasteiger partial charge on any atom is -0.300 e. The summed E-state index contributed by atoms with van der Waals surface area (Å²) < 4.78 is 0. The van der Waals surface area contributed by atoms with Crippen molar-refractivity contribution < 1.29 is 0 Å². The van der Waals surface area contributed by atoms with E-state index in [0.29, 0.717) is 5.92 Å². The Kier molecular flexibility index (Phi) is 1.63. The largest absolute Gasteiger partial charge is 0.300 e. The van der Waals surface area contributed by atoms with E-state index in [4.69, 9.17) is 5.26 Å². The van der Waals surface area contributed by atoms with Crippen molar-refractivity contribution in [2.24, 2.45) is 17.8 Å². The Morgan fingerprint density at radius 1 is 1.15 bits per heavy atom. The molecule has 3 saturated heterocycles. The molecule has 13 heavy (non-hydrogen) atoms. The second-order valence-electron chi connectivity index (χ2n) is 4.90. The molecular formula is C11H16N2. The fourth-order valence-corrected chi connectivity index (χ4v) is 3.76. The van der Waals surface area contributed by atoms with Gasteiger partial charge in [-0.25, -0.2) is 0 Å². The van der Waals surface area contributed by atoms with E-state index in [1.165, 1.54) is 32.4 Å². The molecular weight excluding hydrogens is 160 g/mol. The van der Waals surface area contributed by atoms with Gasteiger partial charge in [-0.1, -0.05) is 0 Å². The third-order valence-corrected chi connectivity index (χ3v) is 4.41. The molecule has 0 amide bonds. The Labute approximate surface area is 79.5 Å². The average Bonchev–Trinajstić information content (AvgIpc) is 2.64. The molecule has 0 aromatic heterocycles. The first-order valence-electron chi connectivity index (χ1n) is 5.52. The third kappa shape index (κ3) is 1.03. The van der Waals surface area contributed by atoms with Gasteiger partial charge in [-0.2, -0.15) is 5.26 Å². The van der Waals surface area contributed by atoms with Gasteiger partial charge in [0.2, 0.25) is 0 Å². The Hall–Kier alpha value is -0.550. The molecule has 2 bridgehead atoms. The molecule has 0 aromatic carbocycles. The van der Waals surface area contributed by atoms with Crippen LogP contribution in [0.25, 0.3) is 0 Å². The summed E-state index contributed by atoms with van der Waals surface area (Å²) in [5.41, 5.74) is 0. The van der Waals surface area contributed by atoms with Crippen molar-refractivity contribution in [1.29, 1.82) is 5.26 Å². The van der Waals surface area contributed by atoms with Crippen LogP contribution in [0.5, 0.6) is 0 Å². The third-order valence-electron chi connectivity index (χ3n) is 4.41. The molecule has 1 aliphatic carbocycles. The van der Waals surface area contributed by atoms with Gasteiger partial charge in [0.15, 0.2) is 0 Å². The summed E-state index contributed by atoms with van der Waals surface area (Å²) >= 11 is 0. The summed E-state index contributed by atoms with van der Waals surface area (Å²) in [6, 6.07) is 3.25. The maximum absolute atomic E-state index is 8.94. The molecule has 0 aromatic rings. The fourth-order valence-electron chi connectivity index (χ4n) is 3.76. The van der Waals surface area contributed by atoms with Gasteiger partial charge in [0.05, 0.1) is 6.07 Å². The lowest BCUT2D eigenvalue weighted by Crippen LogP contribution is -2.52. The number of rotatable bonds is 0. The van der Waals surface area contributed by atoms with E-state index < -0.39 is 0 Å². The molecule has 3 heterocycles. The van der Waals surface area contributed by atoms with Gasteiger partial charge < -0.3 is 4.90 Å². The van der Waals surface area contributed by atoms with E-state index in [1.54, 1.807) is 0 Å². The van der Waals surface area contributed by atoms with Gasteiger partial charge >= 0.3 is 0 Å². The summed E-state index contributed by atoms with van der Waals surface area (Å²) in [6.45, 7) is 2.62. The van der Waals surface area contributed by atoms with Gasteiger partial charge in [-0.15, -0.1) is 0 Å². The molecule has 3 atom stereocenters. The predicted molar refractivity (Wildman–Crippen MR) is 49.9 cm³/mol. The fraction of sp³-hybridized carbons (Fsp3) is 0.909. The SMILES string of the molecule is N#CC1CC2C3CCN(CC3)C2C1. The van der Waals surface area contributed by atoms with Crippen LogP contribution in [-0.2, 0) is 0 Å². The minimum absolute atomic E-state index is 0.371. The van der Waals surface area contributed by atoms with Crippen molar-refractivity contribution in [1.82, 2.24) is 4.90 Å². The van der Waals surface area contributed by atoms with Crippen LogP contribution in [0.1, 0.15) is 25.7 Å². The van der Waals surface area contributed by atoms with Gasteiger partial charge in [-0.3, -0.25) is 0 Å². The highest BCUT2D eigenvalue weighted by atomic mass is 15.2. The van der Waals surface area contributed by atoms with Crippen molar-refractivity contribution >= 4 is 0 Å². The monoisotopic (exact) mass is 176 g/mol. The molecule has 4 aliphatic rings. The first kappa shape index (κ1) is 7.82. The lowest BCUT2D eigenvalue weighted by atomic mass is 9.75. The van der Waals surface area contributed by atoms with Crippen LogP contribution < -0.4 is 0 Å². The first-order valence-corrected chi connectivity index (χ1v) is 5.52. The summed E-state index contributed by atoms with van der Waals surface area (Å²) in [7, 11) is 0. The molecule has 3 aliphatic heterocycles. The standard InChI is InChI=1S/C11H16N2/c12-7-8-5-10-9-1-3-13(4-2-9)11(10)6-8/h8-11H,1-6H2. The van der Waals surface area contributed by atoms with E-state index in [1.807, 2.05) is 0 Å². The number of nitriles is 1. The van der Waals surface area contributed by atoms with Gasteiger partial charge in [0, 0.05) is 12.0 Å². The van der Waals surface area contributed by atoms with Crippen molar-refractivity contribution in [3.63, 3.8) is 0 Å². The van der Waals surface area contributed by atoms with Crippen LogP contribution in [0.2, 0.25) is 0 Å². The van der Waals surface area contributed by atoms with Crippen molar-refractivity contribution in [2.45, 2.75) is 31.7 Å². The zero-order valence-corrected chi connectivity index (χ0v) is 7.95. The Bertz CT molecular complexity index is 227. The zero-order valence-electron chi connectivity index (χ0n) is 7.95. The highest BCUT2D eigenvalue weighted by molar-refractivity contribution is 5.04. The van der Waals surface area contributed by atoms with Crippen LogP contribution in [0.15, 0.2) is 0 Å². The van der Waals surface area contributed by atoms with E-state index >= 15 is 0 Å². The molecule has 3 unspecified atom stereocenters. The van der Waals surface area contributed by atoms with Crippen molar-refractivity contribution in [3.8, 4) is 6.07 Å². The molecule has 4 rings (SSSR count). The lowest BCUT2D eigenvalue weighted by Gasteiger charge is -2.48. The predicted octanol–water partition coefficient (Wildman–Crippen LogP) is 1.63.